The number of hydrogen-bond acceptors (Lipinski definition) is 3. The number of aromatic nitrogens is 2. The first-order valence-corrected chi connectivity index (χ1v) is 4.69. The van der Waals surface area contributed by atoms with Gasteiger partial charge in [0, 0.05) is 12.4 Å². The fourth-order valence-electron chi connectivity index (χ4n) is 1.46. The molecule has 0 atom stereocenters. The second-order valence-corrected chi connectivity index (χ2v) is 3.24. The van der Waals surface area contributed by atoms with Gasteiger partial charge in [-0.05, 0) is 18.2 Å². The molecule has 5 nitrogen and oxygen atoms in total. The van der Waals surface area contributed by atoms with E-state index in [1.54, 1.807) is 29.0 Å². The monoisotopic (exact) mass is 218 g/mol. The van der Waals surface area contributed by atoms with Crippen LogP contribution in [-0.4, -0.2) is 25.7 Å². The zero-order chi connectivity index (χ0) is 11.5. The standard InChI is InChI=1S/C11H10N2O3/c14-7-9-5-8(11(15)16)6-13(9)10-3-1-2-4-12-10/h1-6,14H,7H2,(H,15,16). The molecule has 0 radical (unpaired) electrons. The molecule has 2 N–H and O–H groups in total. The van der Waals surface area contributed by atoms with E-state index in [4.69, 9.17) is 10.2 Å². The van der Waals surface area contributed by atoms with Crippen LogP contribution in [0.2, 0.25) is 0 Å². The van der Waals surface area contributed by atoms with E-state index in [0.29, 0.717) is 11.5 Å². The van der Waals surface area contributed by atoms with Crippen molar-refractivity contribution in [3.8, 4) is 5.82 Å². The molecule has 0 saturated carbocycles. The van der Waals surface area contributed by atoms with Gasteiger partial charge in [0.1, 0.15) is 5.82 Å². The lowest BCUT2D eigenvalue weighted by Gasteiger charge is -2.04. The highest BCUT2D eigenvalue weighted by Crippen LogP contribution is 2.14. The molecule has 82 valence electrons. The molecule has 5 heteroatoms. The average Bonchev–Trinajstić information content (AvgIpc) is 2.74. The maximum atomic E-state index is 10.8. The smallest absolute Gasteiger partial charge is 0.337 e. The molecule has 0 aliphatic carbocycles. The van der Waals surface area contributed by atoms with Crippen LogP contribution in [0, 0.1) is 0 Å². The van der Waals surface area contributed by atoms with Crippen molar-refractivity contribution in [3.05, 3.63) is 47.9 Å². The van der Waals surface area contributed by atoms with E-state index in [1.165, 1.54) is 12.3 Å². The fraction of sp³-hybridized carbons (Fsp3) is 0.0909. The molecule has 16 heavy (non-hydrogen) atoms. The third kappa shape index (κ3) is 1.80. The minimum absolute atomic E-state index is 0.134. The number of pyridine rings is 1. The number of aromatic carboxylic acids is 1. The van der Waals surface area contributed by atoms with E-state index in [2.05, 4.69) is 4.98 Å². The van der Waals surface area contributed by atoms with Crippen LogP contribution in [0.15, 0.2) is 36.7 Å². The largest absolute Gasteiger partial charge is 0.478 e. The first-order valence-electron chi connectivity index (χ1n) is 4.69. The Bertz CT molecular complexity index is 505. The Morgan fingerprint density at radius 3 is 2.81 bits per heavy atom. The molecular formula is C11H10N2O3. The molecular weight excluding hydrogens is 208 g/mol. The number of hydrogen-bond donors (Lipinski definition) is 2. The van der Waals surface area contributed by atoms with Gasteiger partial charge < -0.3 is 14.8 Å². The number of aliphatic hydroxyl groups excluding tert-OH is 1. The summed E-state index contributed by atoms with van der Waals surface area (Å²) in [6, 6.07) is 6.73. The Hall–Kier alpha value is -2.14. The molecule has 0 aliphatic rings. The minimum atomic E-state index is -1.02. The van der Waals surface area contributed by atoms with Crippen LogP contribution in [0.4, 0.5) is 0 Å². The van der Waals surface area contributed by atoms with Crippen molar-refractivity contribution in [2.75, 3.05) is 0 Å². The van der Waals surface area contributed by atoms with Crippen LogP contribution < -0.4 is 0 Å². The van der Waals surface area contributed by atoms with Crippen molar-refractivity contribution in [2.24, 2.45) is 0 Å². The van der Waals surface area contributed by atoms with Crippen LogP contribution in [0.1, 0.15) is 16.1 Å². The van der Waals surface area contributed by atoms with E-state index < -0.39 is 5.97 Å². The summed E-state index contributed by atoms with van der Waals surface area (Å²) in [5.74, 6) is -0.441. The van der Waals surface area contributed by atoms with Gasteiger partial charge in [0.15, 0.2) is 0 Å². The van der Waals surface area contributed by atoms with Crippen molar-refractivity contribution in [3.63, 3.8) is 0 Å². The van der Waals surface area contributed by atoms with Crippen molar-refractivity contribution in [1.82, 2.24) is 9.55 Å². The predicted molar refractivity (Wildman–Crippen MR) is 56.4 cm³/mol. The summed E-state index contributed by atoms with van der Waals surface area (Å²) in [6.45, 7) is -0.232. The van der Waals surface area contributed by atoms with Crippen LogP contribution in [-0.2, 0) is 6.61 Å². The summed E-state index contributed by atoms with van der Waals surface area (Å²) >= 11 is 0. The molecule has 0 aromatic carbocycles. The third-order valence-corrected chi connectivity index (χ3v) is 2.20. The van der Waals surface area contributed by atoms with E-state index in [0.717, 1.165) is 0 Å². The highest BCUT2D eigenvalue weighted by atomic mass is 16.4. The lowest BCUT2D eigenvalue weighted by atomic mass is 10.3. The summed E-state index contributed by atoms with van der Waals surface area (Å²) in [4.78, 5) is 14.9. The van der Waals surface area contributed by atoms with E-state index in [1.807, 2.05) is 0 Å². The van der Waals surface area contributed by atoms with Crippen LogP contribution in [0.5, 0.6) is 0 Å². The second kappa shape index (κ2) is 4.16. The highest BCUT2D eigenvalue weighted by molar-refractivity contribution is 5.87. The third-order valence-electron chi connectivity index (χ3n) is 2.20. The topological polar surface area (TPSA) is 75.3 Å². The molecule has 0 bridgehead atoms. The van der Waals surface area contributed by atoms with Gasteiger partial charge in [0.05, 0.1) is 17.9 Å². The summed E-state index contributed by atoms with van der Waals surface area (Å²) < 4.78 is 1.56. The number of carbonyl (C=O) groups is 1. The first-order chi connectivity index (χ1) is 7.72. The molecule has 2 heterocycles. The lowest BCUT2D eigenvalue weighted by Crippen LogP contribution is -2.00. The summed E-state index contributed by atoms with van der Waals surface area (Å²) in [7, 11) is 0. The van der Waals surface area contributed by atoms with Crippen molar-refractivity contribution < 1.29 is 15.0 Å². The molecule has 0 spiro atoms. The number of aliphatic hydroxyl groups is 1. The first kappa shape index (κ1) is 10.4. The molecule has 0 unspecified atom stereocenters. The molecule has 0 amide bonds. The highest BCUT2D eigenvalue weighted by Gasteiger charge is 2.11. The maximum Gasteiger partial charge on any atom is 0.337 e. The molecule has 2 aromatic rings. The van der Waals surface area contributed by atoms with E-state index in [-0.39, 0.29) is 12.2 Å². The van der Waals surface area contributed by atoms with Gasteiger partial charge in [-0.3, -0.25) is 0 Å². The van der Waals surface area contributed by atoms with Gasteiger partial charge >= 0.3 is 5.97 Å². The molecule has 2 aromatic heterocycles. The average molecular weight is 218 g/mol. The van der Waals surface area contributed by atoms with E-state index >= 15 is 0 Å². The normalized spacial score (nSPS) is 10.3. The Labute approximate surface area is 91.6 Å². The fourth-order valence-corrected chi connectivity index (χ4v) is 1.46. The van der Waals surface area contributed by atoms with Crippen LogP contribution in [0.3, 0.4) is 0 Å². The Morgan fingerprint density at radius 2 is 2.25 bits per heavy atom. The van der Waals surface area contributed by atoms with Gasteiger partial charge in [-0.25, -0.2) is 9.78 Å². The zero-order valence-electron chi connectivity index (χ0n) is 8.37. The van der Waals surface area contributed by atoms with Crippen molar-refractivity contribution in [2.45, 2.75) is 6.61 Å². The summed E-state index contributed by atoms with van der Waals surface area (Å²) in [5, 5.41) is 18.0. The van der Waals surface area contributed by atoms with Gasteiger partial charge in [-0.2, -0.15) is 0 Å². The number of nitrogens with zero attached hydrogens (tertiary/aromatic N) is 2. The molecule has 0 saturated heterocycles. The van der Waals surface area contributed by atoms with Gasteiger partial charge in [-0.1, -0.05) is 6.07 Å². The number of carboxylic acid groups (broad SMARTS) is 1. The number of carboxylic acids is 1. The van der Waals surface area contributed by atoms with Crippen molar-refractivity contribution >= 4 is 5.97 Å². The summed E-state index contributed by atoms with van der Waals surface area (Å²) in [5.41, 5.74) is 0.630. The predicted octanol–water partition coefficient (Wildman–Crippen LogP) is 1.06. The Kier molecular flexibility index (Phi) is 2.70. The maximum absolute atomic E-state index is 10.8. The van der Waals surface area contributed by atoms with Crippen molar-refractivity contribution in [1.29, 1.82) is 0 Å². The Balaban J connectivity index is 2.52. The van der Waals surface area contributed by atoms with Gasteiger partial charge in [0.25, 0.3) is 0 Å². The Morgan fingerprint density at radius 1 is 1.44 bits per heavy atom. The SMILES string of the molecule is O=C(O)c1cc(CO)n(-c2ccccn2)c1. The number of rotatable bonds is 3. The van der Waals surface area contributed by atoms with Gasteiger partial charge in [0.2, 0.25) is 0 Å². The molecule has 0 aliphatic heterocycles. The quantitative estimate of drug-likeness (QED) is 0.807. The molecule has 2 rings (SSSR count). The zero-order valence-corrected chi connectivity index (χ0v) is 8.37. The van der Waals surface area contributed by atoms with Crippen LogP contribution in [0.25, 0.3) is 5.82 Å². The van der Waals surface area contributed by atoms with Gasteiger partial charge in [-0.15, -0.1) is 0 Å². The van der Waals surface area contributed by atoms with E-state index in [9.17, 15) is 4.79 Å². The minimum Gasteiger partial charge on any atom is -0.478 e. The summed E-state index contributed by atoms with van der Waals surface area (Å²) in [6.07, 6.45) is 3.05. The molecule has 0 fully saturated rings. The second-order valence-electron chi connectivity index (χ2n) is 3.24. The lowest BCUT2D eigenvalue weighted by molar-refractivity contribution is 0.0697. The van der Waals surface area contributed by atoms with Crippen LogP contribution >= 0.6 is 0 Å².